The van der Waals surface area contributed by atoms with E-state index in [1.807, 2.05) is 19.1 Å². The molecule has 0 aliphatic heterocycles. The van der Waals surface area contributed by atoms with Gasteiger partial charge in [0.25, 0.3) is 0 Å². The van der Waals surface area contributed by atoms with Crippen LogP contribution in [0.25, 0.3) is 0 Å². The predicted molar refractivity (Wildman–Crippen MR) is 97.6 cm³/mol. The van der Waals surface area contributed by atoms with Gasteiger partial charge in [-0.25, -0.2) is 0 Å². The standard InChI is InChI=1S/C21H20N2O3/c1-13-5-4-6-18(14(13)2)21(26)19(11-22)20(25)17-9-7-16(8-10-17)12-23-15(3)24/h4-10,19H,12H2,1-3H3,(H,23,24)/t19-/m0/s1. The van der Waals surface area contributed by atoms with Crippen LogP contribution in [0.1, 0.15) is 44.3 Å². The average molecular weight is 348 g/mol. The molecule has 0 heterocycles. The molecule has 2 rings (SSSR count). The molecule has 1 atom stereocenters. The molecule has 0 bridgehead atoms. The lowest BCUT2D eigenvalue weighted by Gasteiger charge is -2.12. The van der Waals surface area contributed by atoms with Crippen LogP contribution in [0.4, 0.5) is 0 Å². The zero-order valence-corrected chi connectivity index (χ0v) is 15.0. The molecule has 1 N–H and O–H groups in total. The number of amides is 1. The van der Waals surface area contributed by atoms with Crippen LogP contribution in [0.15, 0.2) is 42.5 Å². The molecule has 5 nitrogen and oxygen atoms in total. The zero-order valence-electron chi connectivity index (χ0n) is 15.0. The third-order valence-electron chi connectivity index (χ3n) is 4.30. The van der Waals surface area contributed by atoms with Crippen molar-refractivity contribution in [1.82, 2.24) is 5.32 Å². The van der Waals surface area contributed by atoms with Crippen molar-refractivity contribution in [3.05, 3.63) is 70.3 Å². The van der Waals surface area contributed by atoms with Crippen molar-refractivity contribution in [3.8, 4) is 6.07 Å². The molecule has 0 fully saturated rings. The number of nitrogens with one attached hydrogen (secondary N) is 1. The summed E-state index contributed by atoms with van der Waals surface area (Å²) in [6, 6.07) is 13.6. The third kappa shape index (κ3) is 4.22. The normalized spacial score (nSPS) is 11.3. The number of hydrogen-bond acceptors (Lipinski definition) is 4. The highest BCUT2D eigenvalue weighted by Gasteiger charge is 2.29. The fourth-order valence-electron chi connectivity index (χ4n) is 2.59. The molecular weight excluding hydrogens is 328 g/mol. The monoisotopic (exact) mass is 348 g/mol. The summed E-state index contributed by atoms with van der Waals surface area (Å²) in [5.41, 5.74) is 3.22. The summed E-state index contributed by atoms with van der Waals surface area (Å²) < 4.78 is 0. The minimum atomic E-state index is -1.38. The number of nitriles is 1. The fourth-order valence-corrected chi connectivity index (χ4v) is 2.59. The minimum absolute atomic E-state index is 0.145. The molecule has 0 spiro atoms. The van der Waals surface area contributed by atoms with Crippen molar-refractivity contribution in [1.29, 1.82) is 5.26 Å². The molecule has 1 amide bonds. The molecule has 2 aromatic rings. The molecule has 0 saturated heterocycles. The van der Waals surface area contributed by atoms with E-state index < -0.39 is 17.5 Å². The Bertz CT molecular complexity index is 892. The van der Waals surface area contributed by atoms with E-state index in [0.29, 0.717) is 17.7 Å². The molecule has 0 saturated carbocycles. The molecule has 5 heteroatoms. The number of hydrogen-bond donors (Lipinski definition) is 1. The number of benzene rings is 2. The first-order valence-corrected chi connectivity index (χ1v) is 8.22. The van der Waals surface area contributed by atoms with Crippen LogP contribution in [0.3, 0.4) is 0 Å². The summed E-state index contributed by atoms with van der Waals surface area (Å²) in [4.78, 5) is 36.3. The Hall–Kier alpha value is -3.26. The molecule has 2 aromatic carbocycles. The fraction of sp³-hybridized carbons (Fsp3) is 0.238. The Morgan fingerprint density at radius 3 is 2.27 bits per heavy atom. The summed E-state index contributed by atoms with van der Waals surface area (Å²) in [7, 11) is 0. The molecule has 0 radical (unpaired) electrons. The van der Waals surface area contributed by atoms with Crippen LogP contribution in [0.2, 0.25) is 0 Å². The van der Waals surface area contributed by atoms with E-state index in [0.717, 1.165) is 16.7 Å². The van der Waals surface area contributed by atoms with E-state index >= 15 is 0 Å². The van der Waals surface area contributed by atoms with Crippen LogP contribution < -0.4 is 5.32 Å². The van der Waals surface area contributed by atoms with Gasteiger partial charge in [0.2, 0.25) is 5.91 Å². The highest BCUT2D eigenvalue weighted by atomic mass is 16.2. The van der Waals surface area contributed by atoms with Crippen LogP contribution in [0.5, 0.6) is 0 Å². The van der Waals surface area contributed by atoms with Crippen molar-refractivity contribution in [3.63, 3.8) is 0 Å². The smallest absolute Gasteiger partial charge is 0.217 e. The predicted octanol–water partition coefficient (Wildman–Crippen LogP) is 3.14. The lowest BCUT2D eigenvalue weighted by Crippen LogP contribution is -2.24. The quantitative estimate of drug-likeness (QED) is 0.642. The number of carbonyl (C=O) groups is 3. The highest BCUT2D eigenvalue weighted by molar-refractivity contribution is 6.18. The summed E-state index contributed by atoms with van der Waals surface area (Å²) in [6.07, 6.45) is 0. The van der Waals surface area contributed by atoms with Gasteiger partial charge < -0.3 is 5.32 Å². The number of aryl methyl sites for hydroxylation is 1. The molecule has 0 aliphatic carbocycles. The maximum Gasteiger partial charge on any atom is 0.217 e. The molecule has 0 aliphatic rings. The van der Waals surface area contributed by atoms with Crippen molar-refractivity contribution in [2.75, 3.05) is 0 Å². The van der Waals surface area contributed by atoms with Gasteiger partial charge in [-0.1, -0.05) is 42.5 Å². The number of Topliss-reactive ketones (excluding diaryl/α,β-unsaturated/α-hetero) is 2. The number of carbonyl (C=O) groups excluding carboxylic acids is 3. The topological polar surface area (TPSA) is 87.0 Å². The first kappa shape index (κ1) is 19.1. The maximum atomic E-state index is 12.7. The zero-order chi connectivity index (χ0) is 19.3. The Labute approximate surface area is 152 Å². The van der Waals surface area contributed by atoms with E-state index in [2.05, 4.69) is 5.32 Å². The molecular formula is C21H20N2O3. The third-order valence-corrected chi connectivity index (χ3v) is 4.30. The Morgan fingerprint density at radius 1 is 1.04 bits per heavy atom. The average Bonchev–Trinajstić information content (AvgIpc) is 2.63. The molecule has 132 valence electrons. The van der Waals surface area contributed by atoms with Gasteiger partial charge in [0.05, 0.1) is 6.07 Å². The van der Waals surface area contributed by atoms with Gasteiger partial charge in [0, 0.05) is 24.6 Å². The molecule has 26 heavy (non-hydrogen) atoms. The SMILES string of the molecule is CC(=O)NCc1ccc(C(=O)[C@H](C#N)C(=O)c2cccc(C)c2C)cc1. The van der Waals surface area contributed by atoms with Crippen molar-refractivity contribution in [2.45, 2.75) is 27.3 Å². The number of ketones is 2. The number of nitrogens with zero attached hydrogens (tertiary/aromatic N) is 1. The van der Waals surface area contributed by atoms with Gasteiger partial charge in [-0.3, -0.25) is 14.4 Å². The molecule has 0 aromatic heterocycles. The minimum Gasteiger partial charge on any atom is -0.352 e. The van der Waals surface area contributed by atoms with Crippen molar-refractivity contribution < 1.29 is 14.4 Å². The van der Waals surface area contributed by atoms with Gasteiger partial charge >= 0.3 is 0 Å². The van der Waals surface area contributed by atoms with E-state index in [1.165, 1.54) is 6.92 Å². The summed E-state index contributed by atoms with van der Waals surface area (Å²) in [5, 5.41) is 12.1. The summed E-state index contributed by atoms with van der Waals surface area (Å²) in [6.45, 7) is 5.46. The Balaban J connectivity index is 2.23. The second-order valence-corrected chi connectivity index (χ2v) is 6.14. The van der Waals surface area contributed by atoms with Gasteiger partial charge in [-0.15, -0.1) is 0 Å². The molecule has 0 unspecified atom stereocenters. The second kappa shape index (κ2) is 8.21. The Morgan fingerprint density at radius 2 is 1.69 bits per heavy atom. The largest absolute Gasteiger partial charge is 0.352 e. The lowest BCUT2D eigenvalue weighted by atomic mass is 9.88. The summed E-state index contributed by atoms with van der Waals surface area (Å²) in [5.74, 6) is -2.53. The van der Waals surface area contributed by atoms with Gasteiger partial charge in [-0.2, -0.15) is 5.26 Å². The van der Waals surface area contributed by atoms with E-state index in [-0.39, 0.29) is 5.91 Å². The second-order valence-electron chi connectivity index (χ2n) is 6.14. The van der Waals surface area contributed by atoms with Gasteiger partial charge in [0.1, 0.15) is 0 Å². The van der Waals surface area contributed by atoms with Crippen LogP contribution in [-0.2, 0) is 11.3 Å². The van der Waals surface area contributed by atoms with Crippen LogP contribution in [-0.4, -0.2) is 17.5 Å². The van der Waals surface area contributed by atoms with E-state index in [9.17, 15) is 19.6 Å². The van der Waals surface area contributed by atoms with Crippen LogP contribution in [0, 0.1) is 31.1 Å². The lowest BCUT2D eigenvalue weighted by molar-refractivity contribution is -0.119. The first-order chi connectivity index (χ1) is 12.3. The summed E-state index contributed by atoms with van der Waals surface area (Å²) >= 11 is 0. The highest BCUT2D eigenvalue weighted by Crippen LogP contribution is 2.20. The van der Waals surface area contributed by atoms with E-state index in [4.69, 9.17) is 0 Å². The van der Waals surface area contributed by atoms with Crippen molar-refractivity contribution in [2.24, 2.45) is 5.92 Å². The van der Waals surface area contributed by atoms with Crippen LogP contribution >= 0.6 is 0 Å². The first-order valence-electron chi connectivity index (χ1n) is 8.22. The van der Waals surface area contributed by atoms with E-state index in [1.54, 1.807) is 43.3 Å². The Kier molecular flexibility index (Phi) is 6.03. The maximum absolute atomic E-state index is 12.7. The van der Waals surface area contributed by atoms with Gasteiger partial charge in [-0.05, 0) is 30.5 Å². The van der Waals surface area contributed by atoms with Gasteiger partial charge in [0.15, 0.2) is 17.5 Å². The number of rotatable bonds is 6. The van der Waals surface area contributed by atoms with Crippen molar-refractivity contribution >= 4 is 17.5 Å².